The first-order valence-corrected chi connectivity index (χ1v) is 13.3. The van der Waals surface area contributed by atoms with Crippen LogP contribution in [-0.4, -0.2) is 34.7 Å². The van der Waals surface area contributed by atoms with Gasteiger partial charge in [0.05, 0.1) is 30.3 Å². The van der Waals surface area contributed by atoms with Crippen LogP contribution in [0.15, 0.2) is 76.8 Å². The van der Waals surface area contributed by atoms with E-state index in [0.29, 0.717) is 40.5 Å². The summed E-state index contributed by atoms with van der Waals surface area (Å²) < 4.78 is 51.5. The molecule has 0 amide bonds. The minimum atomic E-state index is -4.37. The highest BCUT2D eigenvalue weighted by molar-refractivity contribution is 8.00. The van der Waals surface area contributed by atoms with Crippen molar-refractivity contribution >= 4 is 40.5 Å². The number of ether oxygens (including phenoxy) is 2. The number of fused-ring (bicyclic) bond motifs is 1. The smallest absolute Gasteiger partial charge is 0.446 e. The van der Waals surface area contributed by atoms with Crippen LogP contribution in [0, 0.1) is 0 Å². The molecule has 10 heteroatoms. The molecule has 3 aromatic carbocycles. The lowest BCUT2D eigenvalue weighted by Crippen LogP contribution is -2.05. The zero-order valence-electron chi connectivity index (χ0n) is 20.2. The first-order valence-electron chi connectivity index (χ1n) is 11.5. The van der Waals surface area contributed by atoms with Gasteiger partial charge < -0.3 is 14.0 Å². The predicted octanol–water partition coefficient (Wildman–Crippen LogP) is 7.37. The molecular weight excluding hydrogens is 521 g/mol. The minimum absolute atomic E-state index is 0.110. The van der Waals surface area contributed by atoms with Crippen molar-refractivity contribution in [3.05, 3.63) is 83.4 Å². The molecule has 0 fully saturated rings. The topological polar surface area (TPSA) is 53.3 Å². The Hall–Kier alpha value is -3.11. The fourth-order valence-electron chi connectivity index (χ4n) is 3.80. The van der Waals surface area contributed by atoms with Gasteiger partial charge in [0.25, 0.3) is 0 Å². The van der Waals surface area contributed by atoms with Crippen LogP contribution >= 0.6 is 23.5 Å². The molecule has 1 aromatic heterocycles. The number of aryl methyl sites for hydroxylation is 2. The molecule has 0 aliphatic carbocycles. The van der Waals surface area contributed by atoms with Gasteiger partial charge in [-0.2, -0.15) is 13.2 Å². The summed E-state index contributed by atoms with van der Waals surface area (Å²) in [5.74, 6) is 0.662. The number of methoxy groups -OCH3 is 1. The summed E-state index contributed by atoms with van der Waals surface area (Å²) in [5, 5.41) is 0.663. The second-order valence-electron chi connectivity index (χ2n) is 8.01. The van der Waals surface area contributed by atoms with Gasteiger partial charge in [0, 0.05) is 17.2 Å². The monoisotopic (exact) mass is 546 g/mol. The van der Waals surface area contributed by atoms with Gasteiger partial charge in [0.15, 0.2) is 5.16 Å². The van der Waals surface area contributed by atoms with Crippen LogP contribution < -0.4 is 4.74 Å². The van der Waals surface area contributed by atoms with E-state index < -0.39 is 11.5 Å². The number of carbonyl (C=O) groups is 1. The average Bonchev–Trinajstić information content (AvgIpc) is 3.23. The van der Waals surface area contributed by atoms with Gasteiger partial charge in [0.1, 0.15) is 5.75 Å². The van der Waals surface area contributed by atoms with Gasteiger partial charge in [-0.25, -0.2) is 9.78 Å². The van der Waals surface area contributed by atoms with Crippen molar-refractivity contribution in [1.29, 1.82) is 0 Å². The normalized spacial score (nSPS) is 11.6. The third kappa shape index (κ3) is 7.01. The van der Waals surface area contributed by atoms with Crippen LogP contribution in [0.2, 0.25) is 0 Å². The third-order valence-electron chi connectivity index (χ3n) is 5.56. The van der Waals surface area contributed by atoms with Gasteiger partial charge in [-0.05, 0) is 72.6 Å². The van der Waals surface area contributed by atoms with E-state index in [4.69, 9.17) is 14.5 Å². The van der Waals surface area contributed by atoms with Crippen LogP contribution in [-0.2, 0) is 23.5 Å². The Morgan fingerprint density at radius 1 is 1.05 bits per heavy atom. The van der Waals surface area contributed by atoms with Crippen molar-refractivity contribution in [3.8, 4) is 5.75 Å². The van der Waals surface area contributed by atoms with Crippen LogP contribution in [0.1, 0.15) is 28.4 Å². The lowest BCUT2D eigenvalue weighted by atomic mass is 10.1. The standard InChI is InChI=1S/C27H25F3N2O3S2/c1-3-35-25(33)19-10-13-23-22(16-19)31-26(32(23)15-14-18-8-11-21(34-2)12-9-18)36-17-20-6-4-5-7-24(20)37-27(28,29)30/h4-13,16H,3,14-15,17H2,1-2H3. The SMILES string of the molecule is CCOC(=O)c1ccc2c(c1)nc(SCc1ccccc1SC(F)(F)F)n2CCc1ccc(OC)cc1. The van der Waals surface area contributed by atoms with E-state index in [-0.39, 0.29) is 23.3 Å². The highest BCUT2D eigenvalue weighted by Crippen LogP contribution is 2.40. The molecule has 4 rings (SSSR count). The summed E-state index contributed by atoms with van der Waals surface area (Å²) in [6.07, 6.45) is 0.711. The average molecular weight is 547 g/mol. The molecule has 0 spiro atoms. The number of aromatic nitrogens is 2. The third-order valence-corrected chi connectivity index (χ3v) is 7.44. The highest BCUT2D eigenvalue weighted by atomic mass is 32.2. The Kier molecular flexibility index (Phi) is 8.71. The van der Waals surface area contributed by atoms with E-state index in [1.54, 1.807) is 44.4 Å². The molecule has 194 valence electrons. The molecular formula is C27H25F3N2O3S2. The lowest BCUT2D eigenvalue weighted by molar-refractivity contribution is -0.0328. The number of thioether (sulfide) groups is 2. The van der Waals surface area contributed by atoms with Gasteiger partial charge in [0.2, 0.25) is 0 Å². The zero-order valence-corrected chi connectivity index (χ0v) is 21.9. The molecule has 0 saturated heterocycles. The molecule has 1 heterocycles. The number of benzene rings is 3. The maximum atomic E-state index is 13.0. The van der Waals surface area contributed by atoms with E-state index in [1.807, 2.05) is 34.9 Å². The largest absolute Gasteiger partial charge is 0.497 e. The summed E-state index contributed by atoms with van der Waals surface area (Å²) in [6.45, 7) is 2.61. The van der Waals surface area contributed by atoms with Crippen molar-refractivity contribution in [2.45, 2.75) is 41.2 Å². The Balaban J connectivity index is 1.63. The van der Waals surface area contributed by atoms with Crippen molar-refractivity contribution in [1.82, 2.24) is 9.55 Å². The molecule has 0 unspecified atom stereocenters. The second-order valence-corrected chi connectivity index (χ2v) is 10.1. The Morgan fingerprint density at radius 3 is 2.51 bits per heavy atom. The van der Waals surface area contributed by atoms with Gasteiger partial charge in [-0.3, -0.25) is 0 Å². The van der Waals surface area contributed by atoms with Crippen molar-refractivity contribution in [2.75, 3.05) is 13.7 Å². The molecule has 0 bridgehead atoms. The fourth-order valence-corrected chi connectivity index (χ4v) is 5.60. The van der Waals surface area contributed by atoms with Crippen LogP contribution in [0.5, 0.6) is 5.75 Å². The first kappa shape index (κ1) is 26.9. The molecule has 0 radical (unpaired) electrons. The molecule has 0 aliphatic rings. The summed E-state index contributed by atoms with van der Waals surface area (Å²) in [4.78, 5) is 17.2. The molecule has 0 atom stereocenters. The van der Waals surface area contributed by atoms with Crippen LogP contribution in [0.3, 0.4) is 0 Å². The summed E-state index contributed by atoms with van der Waals surface area (Å²) in [5.41, 5.74) is -0.819. The second kappa shape index (κ2) is 12.0. The highest BCUT2D eigenvalue weighted by Gasteiger charge is 2.30. The Bertz CT molecular complexity index is 1370. The maximum absolute atomic E-state index is 13.0. The number of rotatable bonds is 10. The quantitative estimate of drug-likeness (QED) is 0.153. The fraction of sp³-hybridized carbons (Fsp3) is 0.259. The lowest BCUT2D eigenvalue weighted by Gasteiger charge is -2.12. The molecule has 37 heavy (non-hydrogen) atoms. The number of nitrogens with zero attached hydrogens (tertiary/aromatic N) is 2. The van der Waals surface area contributed by atoms with Crippen molar-refractivity contribution in [2.24, 2.45) is 0 Å². The Morgan fingerprint density at radius 2 is 1.81 bits per heavy atom. The molecule has 0 aliphatic heterocycles. The molecule has 4 aromatic rings. The molecule has 5 nitrogen and oxygen atoms in total. The minimum Gasteiger partial charge on any atom is -0.497 e. The summed E-state index contributed by atoms with van der Waals surface area (Å²) >= 11 is 1.26. The number of carbonyl (C=O) groups excluding carboxylic acids is 1. The molecule has 0 saturated carbocycles. The summed E-state index contributed by atoms with van der Waals surface area (Å²) in [7, 11) is 1.62. The predicted molar refractivity (Wildman–Crippen MR) is 140 cm³/mol. The number of esters is 1. The van der Waals surface area contributed by atoms with Crippen molar-refractivity contribution < 1.29 is 27.4 Å². The van der Waals surface area contributed by atoms with Crippen molar-refractivity contribution in [3.63, 3.8) is 0 Å². The molecule has 0 N–H and O–H groups in total. The van der Waals surface area contributed by atoms with Gasteiger partial charge in [-0.15, -0.1) is 0 Å². The first-order chi connectivity index (χ1) is 17.8. The number of imidazole rings is 1. The van der Waals surface area contributed by atoms with E-state index in [1.165, 1.54) is 17.8 Å². The Labute approximate surface area is 221 Å². The summed E-state index contributed by atoms with van der Waals surface area (Å²) in [6, 6.07) is 19.5. The van der Waals surface area contributed by atoms with Crippen LogP contribution in [0.25, 0.3) is 11.0 Å². The number of halogens is 3. The van der Waals surface area contributed by atoms with Gasteiger partial charge in [-0.1, -0.05) is 42.1 Å². The van der Waals surface area contributed by atoms with E-state index >= 15 is 0 Å². The van der Waals surface area contributed by atoms with E-state index in [2.05, 4.69) is 0 Å². The number of hydrogen-bond acceptors (Lipinski definition) is 6. The van der Waals surface area contributed by atoms with E-state index in [0.717, 1.165) is 16.8 Å². The van der Waals surface area contributed by atoms with Gasteiger partial charge >= 0.3 is 11.5 Å². The maximum Gasteiger partial charge on any atom is 0.446 e. The van der Waals surface area contributed by atoms with Crippen LogP contribution in [0.4, 0.5) is 13.2 Å². The zero-order chi connectivity index (χ0) is 26.4. The number of alkyl halides is 3. The number of hydrogen-bond donors (Lipinski definition) is 0. The van der Waals surface area contributed by atoms with E-state index in [9.17, 15) is 18.0 Å².